The molecule has 2 N–H and O–H groups in total. The number of hydrogen-bond acceptors (Lipinski definition) is 3. The van der Waals surface area contributed by atoms with Gasteiger partial charge in [-0.05, 0) is 12.8 Å². The van der Waals surface area contributed by atoms with Crippen molar-refractivity contribution in [2.75, 3.05) is 39.8 Å². The fourth-order valence-corrected chi connectivity index (χ4v) is 1.93. The van der Waals surface area contributed by atoms with Gasteiger partial charge in [0.15, 0.2) is 0 Å². The summed E-state index contributed by atoms with van der Waals surface area (Å²) >= 11 is 0. The van der Waals surface area contributed by atoms with Crippen LogP contribution in [0.4, 0.5) is 4.79 Å². The maximum absolute atomic E-state index is 11.8. The van der Waals surface area contributed by atoms with E-state index in [0.717, 1.165) is 39.0 Å². The van der Waals surface area contributed by atoms with Crippen LogP contribution in [0.1, 0.15) is 12.8 Å². The molecule has 2 fully saturated rings. The Balaban J connectivity index is 1.69. The molecule has 0 unspecified atom stereocenters. The van der Waals surface area contributed by atoms with E-state index in [-0.39, 0.29) is 18.5 Å². The topological polar surface area (TPSA) is 64.7 Å². The number of rotatable bonds is 3. The number of hydrogen-bond donors (Lipinski definition) is 2. The van der Waals surface area contributed by atoms with Crippen LogP contribution in [0.5, 0.6) is 0 Å². The molecule has 96 valence electrons. The van der Waals surface area contributed by atoms with Gasteiger partial charge in [-0.15, -0.1) is 0 Å². The number of amides is 3. The van der Waals surface area contributed by atoms with Crippen LogP contribution < -0.4 is 10.6 Å². The first-order valence-corrected chi connectivity index (χ1v) is 6.17. The van der Waals surface area contributed by atoms with Crippen LogP contribution in [0.25, 0.3) is 0 Å². The van der Waals surface area contributed by atoms with Crippen LogP contribution in [-0.2, 0) is 4.79 Å². The van der Waals surface area contributed by atoms with Gasteiger partial charge in [0, 0.05) is 39.3 Å². The molecule has 6 nitrogen and oxygen atoms in total. The van der Waals surface area contributed by atoms with E-state index in [2.05, 4.69) is 10.6 Å². The van der Waals surface area contributed by atoms with Gasteiger partial charge in [0.25, 0.3) is 0 Å². The third-order valence-corrected chi connectivity index (χ3v) is 3.28. The molecule has 0 atom stereocenters. The third-order valence-electron chi connectivity index (χ3n) is 3.28. The highest BCUT2D eigenvalue weighted by atomic mass is 16.2. The quantitative estimate of drug-likeness (QED) is 0.680. The van der Waals surface area contributed by atoms with Crippen molar-refractivity contribution in [2.45, 2.75) is 18.9 Å². The van der Waals surface area contributed by atoms with Gasteiger partial charge >= 0.3 is 6.03 Å². The number of nitrogens with zero attached hydrogens (tertiary/aromatic N) is 2. The summed E-state index contributed by atoms with van der Waals surface area (Å²) in [4.78, 5) is 26.9. The largest absolute Gasteiger partial charge is 0.339 e. The van der Waals surface area contributed by atoms with Gasteiger partial charge in [0.2, 0.25) is 5.91 Å². The summed E-state index contributed by atoms with van der Waals surface area (Å²) in [6.45, 7) is 3.24. The van der Waals surface area contributed by atoms with Crippen molar-refractivity contribution in [3.8, 4) is 0 Å². The molecular formula is C11H20N4O2. The lowest BCUT2D eigenvalue weighted by molar-refractivity contribution is -0.130. The maximum atomic E-state index is 11.8. The fraction of sp³-hybridized carbons (Fsp3) is 0.818. The van der Waals surface area contributed by atoms with Gasteiger partial charge in [0.05, 0.1) is 6.54 Å². The van der Waals surface area contributed by atoms with Gasteiger partial charge in [-0.1, -0.05) is 0 Å². The second-order valence-corrected chi connectivity index (χ2v) is 4.63. The molecule has 6 heteroatoms. The maximum Gasteiger partial charge on any atom is 0.317 e. The van der Waals surface area contributed by atoms with E-state index in [1.54, 1.807) is 16.8 Å². The molecule has 0 aromatic heterocycles. The Morgan fingerprint density at radius 3 is 2.59 bits per heavy atom. The van der Waals surface area contributed by atoms with E-state index in [1.807, 2.05) is 0 Å². The lowest BCUT2D eigenvalue weighted by Gasteiger charge is -2.27. The molecule has 0 bridgehead atoms. The van der Waals surface area contributed by atoms with Gasteiger partial charge in [-0.2, -0.15) is 0 Å². The Hall–Kier alpha value is -1.30. The zero-order valence-electron chi connectivity index (χ0n) is 10.2. The molecule has 0 radical (unpaired) electrons. The lowest BCUT2D eigenvalue weighted by Crippen LogP contribution is -2.50. The Labute approximate surface area is 101 Å². The van der Waals surface area contributed by atoms with E-state index in [0.29, 0.717) is 6.04 Å². The lowest BCUT2D eigenvalue weighted by atomic mass is 10.3. The fourth-order valence-electron chi connectivity index (χ4n) is 1.93. The van der Waals surface area contributed by atoms with Gasteiger partial charge in [0.1, 0.15) is 0 Å². The van der Waals surface area contributed by atoms with Crippen molar-refractivity contribution in [1.82, 2.24) is 20.4 Å². The molecule has 1 saturated heterocycles. The molecule has 1 heterocycles. The summed E-state index contributed by atoms with van der Waals surface area (Å²) in [7, 11) is 1.78. The standard InChI is InChI=1S/C11H20N4O2/c1-14(9-2-3-9)11(17)13-8-10(16)15-6-4-12-5-7-15/h9,12H,2-8H2,1H3,(H,13,17). The minimum atomic E-state index is -0.143. The zero-order chi connectivity index (χ0) is 12.3. The first-order valence-electron chi connectivity index (χ1n) is 6.17. The van der Waals surface area contributed by atoms with Crippen LogP contribution >= 0.6 is 0 Å². The predicted molar refractivity (Wildman–Crippen MR) is 63.6 cm³/mol. The summed E-state index contributed by atoms with van der Waals surface area (Å²) in [5, 5.41) is 5.86. The summed E-state index contributed by atoms with van der Waals surface area (Å²) in [6.07, 6.45) is 2.16. The van der Waals surface area contributed by atoms with E-state index in [9.17, 15) is 9.59 Å². The molecule has 1 aliphatic carbocycles. The highest BCUT2D eigenvalue weighted by Gasteiger charge is 2.29. The first kappa shape index (κ1) is 12.2. The summed E-state index contributed by atoms with van der Waals surface area (Å²) in [5.74, 6) is 0.00375. The molecule has 1 saturated carbocycles. The molecule has 0 aromatic carbocycles. The molecule has 17 heavy (non-hydrogen) atoms. The second-order valence-electron chi connectivity index (χ2n) is 4.63. The van der Waals surface area contributed by atoms with Crippen molar-refractivity contribution in [3.05, 3.63) is 0 Å². The number of nitrogens with one attached hydrogen (secondary N) is 2. The van der Waals surface area contributed by atoms with Crippen LogP contribution in [0.15, 0.2) is 0 Å². The van der Waals surface area contributed by atoms with E-state index in [4.69, 9.17) is 0 Å². The van der Waals surface area contributed by atoms with Crippen molar-refractivity contribution < 1.29 is 9.59 Å². The molecule has 1 aliphatic heterocycles. The van der Waals surface area contributed by atoms with Crippen molar-refractivity contribution in [1.29, 1.82) is 0 Å². The minimum absolute atomic E-state index is 0.00375. The van der Waals surface area contributed by atoms with Gasteiger partial charge in [-0.3, -0.25) is 4.79 Å². The number of carbonyl (C=O) groups excluding carboxylic acids is 2. The summed E-state index contributed by atoms with van der Waals surface area (Å²) < 4.78 is 0. The molecule has 3 amide bonds. The normalized spacial score (nSPS) is 19.9. The Kier molecular flexibility index (Phi) is 3.83. The monoisotopic (exact) mass is 240 g/mol. The van der Waals surface area contributed by atoms with E-state index in [1.165, 1.54) is 0 Å². The number of piperazine rings is 1. The van der Waals surface area contributed by atoms with E-state index >= 15 is 0 Å². The Bertz CT molecular complexity index is 298. The third kappa shape index (κ3) is 3.33. The molecule has 2 aliphatic rings. The summed E-state index contributed by atoms with van der Waals surface area (Å²) in [6, 6.07) is 0.236. The van der Waals surface area contributed by atoms with Gasteiger partial charge < -0.3 is 20.4 Å². The average molecular weight is 240 g/mol. The van der Waals surface area contributed by atoms with E-state index < -0.39 is 0 Å². The minimum Gasteiger partial charge on any atom is -0.339 e. The van der Waals surface area contributed by atoms with Gasteiger partial charge in [-0.25, -0.2) is 4.79 Å². The Morgan fingerprint density at radius 1 is 1.35 bits per heavy atom. The molecule has 0 spiro atoms. The highest BCUT2D eigenvalue weighted by molar-refractivity contribution is 5.84. The Morgan fingerprint density at radius 2 is 2.00 bits per heavy atom. The van der Waals surface area contributed by atoms with Crippen molar-refractivity contribution in [3.63, 3.8) is 0 Å². The van der Waals surface area contributed by atoms with Crippen LogP contribution in [0.3, 0.4) is 0 Å². The second kappa shape index (κ2) is 5.35. The van der Waals surface area contributed by atoms with Crippen molar-refractivity contribution in [2.24, 2.45) is 0 Å². The first-order chi connectivity index (χ1) is 8.18. The predicted octanol–water partition coefficient (Wildman–Crippen LogP) is -0.778. The van der Waals surface area contributed by atoms with Crippen LogP contribution in [-0.4, -0.2) is 67.6 Å². The average Bonchev–Trinajstić information content (AvgIpc) is 3.20. The summed E-state index contributed by atoms with van der Waals surface area (Å²) in [5.41, 5.74) is 0. The number of urea groups is 1. The number of carbonyl (C=O) groups is 2. The van der Waals surface area contributed by atoms with Crippen LogP contribution in [0, 0.1) is 0 Å². The molecule has 0 aromatic rings. The highest BCUT2D eigenvalue weighted by Crippen LogP contribution is 2.24. The zero-order valence-corrected chi connectivity index (χ0v) is 10.2. The molecule has 2 rings (SSSR count). The molecular weight excluding hydrogens is 220 g/mol. The smallest absolute Gasteiger partial charge is 0.317 e. The van der Waals surface area contributed by atoms with Crippen molar-refractivity contribution >= 4 is 11.9 Å². The SMILES string of the molecule is CN(C(=O)NCC(=O)N1CCNCC1)C1CC1. The van der Waals surface area contributed by atoms with Crippen LogP contribution in [0.2, 0.25) is 0 Å².